The number of phenols is 1. The highest BCUT2D eigenvalue weighted by molar-refractivity contribution is 5.41. The van der Waals surface area contributed by atoms with E-state index in [9.17, 15) is 5.11 Å². The van der Waals surface area contributed by atoms with E-state index < -0.39 is 0 Å². The fraction of sp³-hybridized carbons (Fsp3) is 0.474. The lowest BCUT2D eigenvalue weighted by Gasteiger charge is -2.24. The summed E-state index contributed by atoms with van der Waals surface area (Å²) >= 11 is 0. The summed E-state index contributed by atoms with van der Waals surface area (Å²) < 4.78 is 16.7. The first-order chi connectivity index (χ1) is 11.6. The molecule has 1 aliphatic rings. The van der Waals surface area contributed by atoms with Crippen molar-refractivity contribution < 1.29 is 19.0 Å². The lowest BCUT2D eigenvalue weighted by Crippen LogP contribution is -2.31. The average Bonchev–Trinajstić information content (AvgIpc) is 3.21. The first-order valence-electron chi connectivity index (χ1n) is 8.39. The van der Waals surface area contributed by atoms with Crippen LogP contribution < -0.4 is 4.74 Å². The Balaban J connectivity index is 1.72. The summed E-state index contributed by atoms with van der Waals surface area (Å²) in [4.78, 5) is 2.32. The molecule has 1 unspecified atom stereocenters. The van der Waals surface area contributed by atoms with Gasteiger partial charge in [0.25, 0.3) is 0 Å². The number of benzene rings is 1. The molecule has 1 aliphatic heterocycles. The van der Waals surface area contributed by atoms with E-state index in [-0.39, 0.29) is 11.9 Å². The molecular formula is C19H25NO4. The molecule has 1 atom stereocenters. The second kappa shape index (κ2) is 7.73. The van der Waals surface area contributed by atoms with Crippen LogP contribution in [0.15, 0.2) is 34.7 Å². The predicted molar refractivity (Wildman–Crippen MR) is 91.2 cm³/mol. The Bertz CT molecular complexity index is 661. The van der Waals surface area contributed by atoms with Crippen LogP contribution in [-0.4, -0.2) is 36.4 Å². The fourth-order valence-corrected chi connectivity index (χ4v) is 3.13. The number of hydrogen-bond acceptors (Lipinski definition) is 5. The van der Waals surface area contributed by atoms with E-state index in [4.69, 9.17) is 13.9 Å². The average molecular weight is 331 g/mol. The zero-order chi connectivity index (χ0) is 16.9. The lowest BCUT2D eigenvalue weighted by atomic mass is 10.1. The standard InChI is InChI=1S/C19H25NO4/c1-14-5-7-17(24-14)13-20(12-16-4-3-9-23-16)11-15-6-8-18(21)19(10-15)22-2/h5-8,10,16,21H,3-4,9,11-13H2,1-2H3. The molecule has 1 aromatic carbocycles. The first kappa shape index (κ1) is 16.9. The highest BCUT2D eigenvalue weighted by Crippen LogP contribution is 2.27. The predicted octanol–water partition coefficient (Wildman–Crippen LogP) is 3.48. The summed E-state index contributed by atoms with van der Waals surface area (Å²) in [6, 6.07) is 9.49. The van der Waals surface area contributed by atoms with Gasteiger partial charge >= 0.3 is 0 Å². The zero-order valence-corrected chi connectivity index (χ0v) is 14.3. The molecule has 0 aliphatic carbocycles. The zero-order valence-electron chi connectivity index (χ0n) is 14.3. The van der Waals surface area contributed by atoms with Crippen molar-refractivity contribution in [1.29, 1.82) is 0 Å². The number of hydrogen-bond donors (Lipinski definition) is 1. The summed E-state index contributed by atoms with van der Waals surface area (Å²) in [5, 5.41) is 9.76. The highest BCUT2D eigenvalue weighted by atomic mass is 16.5. The number of rotatable bonds is 7. The number of aryl methyl sites for hydroxylation is 1. The molecule has 5 heteroatoms. The van der Waals surface area contributed by atoms with Gasteiger partial charge in [-0.05, 0) is 49.6 Å². The molecule has 2 aromatic rings. The Morgan fingerprint density at radius 3 is 2.79 bits per heavy atom. The number of phenolic OH excluding ortho intramolecular Hbond substituents is 1. The van der Waals surface area contributed by atoms with Crippen LogP contribution in [0, 0.1) is 6.92 Å². The van der Waals surface area contributed by atoms with Crippen molar-refractivity contribution in [3.05, 3.63) is 47.4 Å². The fourth-order valence-electron chi connectivity index (χ4n) is 3.13. The summed E-state index contributed by atoms with van der Waals surface area (Å²) in [5.41, 5.74) is 1.09. The Morgan fingerprint density at radius 1 is 1.25 bits per heavy atom. The van der Waals surface area contributed by atoms with Crippen molar-refractivity contribution >= 4 is 0 Å². The van der Waals surface area contributed by atoms with Gasteiger partial charge in [-0.15, -0.1) is 0 Å². The van der Waals surface area contributed by atoms with Gasteiger partial charge in [-0.25, -0.2) is 0 Å². The number of furan rings is 1. The second-order valence-corrected chi connectivity index (χ2v) is 6.32. The third kappa shape index (κ3) is 4.30. The molecule has 2 heterocycles. The summed E-state index contributed by atoms with van der Waals surface area (Å²) in [7, 11) is 1.56. The first-order valence-corrected chi connectivity index (χ1v) is 8.39. The normalized spacial score (nSPS) is 17.5. The highest BCUT2D eigenvalue weighted by Gasteiger charge is 2.20. The van der Waals surface area contributed by atoms with Gasteiger partial charge in [-0.3, -0.25) is 4.90 Å². The molecular weight excluding hydrogens is 306 g/mol. The van der Waals surface area contributed by atoms with Crippen molar-refractivity contribution in [3.63, 3.8) is 0 Å². The van der Waals surface area contributed by atoms with Crippen LogP contribution in [0.2, 0.25) is 0 Å². The minimum Gasteiger partial charge on any atom is -0.504 e. The van der Waals surface area contributed by atoms with E-state index in [1.54, 1.807) is 13.2 Å². The third-order valence-corrected chi connectivity index (χ3v) is 4.31. The molecule has 0 spiro atoms. The van der Waals surface area contributed by atoms with E-state index in [0.29, 0.717) is 5.75 Å². The van der Waals surface area contributed by atoms with Crippen LogP contribution in [0.25, 0.3) is 0 Å². The van der Waals surface area contributed by atoms with Gasteiger partial charge in [0.05, 0.1) is 19.8 Å². The van der Waals surface area contributed by atoms with Gasteiger partial charge in [0, 0.05) is 19.7 Å². The quantitative estimate of drug-likeness (QED) is 0.842. The Hall–Kier alpha value is -1.98. The molecule has 0 saturated carbocycles. The van der Waals surface area contributed by atoms with Gasteiger partial charge < -0.3 is 19.0 Å². The molecule has 1 fully saturated rings. The Kier molecular flexibility index (Phi) is 5.43. The molecule has 1 aromatic heterocycles. The van der Waals surface area contributed by atoms with Crippen LogP contribution in [0.5, 0.6) is 11.5 Å². The molecule has 5 nitrogen and oxygen atoms in total. The minimum absolute atomic E-state index is 0.161. The minimum atomic E-state index is 0.161. The summed E-state index contributed by atoms with van der Waals surface area (Å²) in [5.74, 6) is 2.54. The Labute approximate surface area is 142 Å². The summed E-state index contributed by atoms with van der Waals surface area (Å²) in [6.45, 7) is 5.15. The summed E-state index contributed by atoms with van der Waals surface area (Å²) in [6.07, 6.45) is 2.51. The van der Waals surface area contributed by atoms with Crippen LogP contribution in [0.3, 0.4) is 0 Å². The van der Waals surface area contributed by atoms with Gasteiger partial charge in [0.2, 0.25) is 0 Å². The van der Waals surface area contributed by atoms with Crippen LogP contribution in [0.4, 0.5) is 0 Å². The maximum atomic E-state index is 9.76. The van der Waals surface area contributed by atoms with Gasteiger partial charge in [-0.1, -0.05) is 6.07 Å². The van der Waals surface area contributed by atoms with Crippen molar-refractivity contribution in [2.24, 2.45) is 0 Å². The SMILES string of the molecule is COc1cc(CN(Cc2ccc(C)o2)CC2CCCO2)ccc1O. The number of methoxy groups -OCH3 is 1. The van der Waals surface area contributed by atoms with E-state index in [0.717, 1.165) is 56.2 Å². The van der Waals surface area contributed by atoms with Crippen molar-refractivity contribution in [2.75, 3.05) is 20.3 Å². The topological polar surface area (TPSA) is 55.1 Å². The van der Waals surface area contributed by atoms with Crippen LogP contribution >= 0.6 is 0 Å². The molecule has 0 amide bonds. The van der Waals surface area contributed by atoms with Crippen molar-refractivity contribution in [1.82, 2.24) is 4.90 Å². The monoisotopic (exact) mass is 331 g/mol. The molecule has 0 bridgehead atoms. The van der Waals surface area contributed by atoms with E-state index >= 15 is 0 Å². The lowest BCUT2D eigenvalue weighted by molar-refractivity contribution is 0.0654. The third-order valence-electron chi connectivity index (χ3n) is 4.31. The number of nitrogens with zero attached hydrogens (tertiary/aromatic N) is 1. The largest absolute Gasteiger partial charge is 0.504 e. The van der Waals surface area contributed by atoms with Gasteiger partial charge in [0.15, 0.2) is 11.5 Å². The van der Waals surface area contributed by atoms with E-state index in [1.807, 2.05) is 31.2 Å². The molecule has 1 N–H and O–H groups in total. The second-order valence-electron chi connectivity index (χ2n) is 6.32. The van der Waals surface area contributed by atoms with Crippen molar-refractivity contribution in [3.8, 4) is 11.5 Å². The molecule has 24 heavy (non-hydrogen) atoms. The van der Waals surface area contributed by atoms with Gasteiger partial charge in [-0.2, -0.15) is 0 Å². The van der Waals surface area contributed by atoms with Crippen molar-refractivity contribution in [2.45, 2.75) is 39.0 Å². The van der Waals surface area contributed by atoms with Gasteiger partial charge in [0.1, 0.15) is 11.5 Å². The number of aromatic hydroxyl groups is 1. The molecule has 3 rings (SSSR count). The van der Waals surface area contributed by atoms with Crippen LogP contribution in [0.1, 0.15) is 29.9 Å². The maximum Gasteiger partial charge on any atom is 0.160 e. The van der Waals surface area contributed by atoms with Crippen LogP contribution in [-0.2, 0) is 17.8 Å². The smallest absolute Gasteiger partial charge is 0.160 e. The Morgan fingerprint density at radius 2 is 2.12 bits per heavy atom. The molecule has 1 saturated heterocycles. The molecule has 0 radical (unpaired) electrons. The maximum absolute atomic E-state index is 9.76. The molecule has 130 valence electrons. The van der Waals surface area contributed by atoms with E-state index in [1.165, 1.54) is 0 Å². The number of ether oxygens (including phenoxy) is 2. The van der Waals surface area contributed by atoms with E-state index in [2.05, 4.69) is 4.90 Å².